The highest BCUT2D eigenvalue weighted by atomic mass is 32.2. The van der Waals surface area contributed by atoms with Crippen LogP contribution in [0.15, 0.2) is 113 Å². The van der Waals surface area contributed by atoms with Crippen LogP contribution in [0.2, 0.25) is 0 Å². The van der Waals surface area contributed by atoms with Gasteiger partial charge in [0.2, 0.25) is 5.91 Å². The molecule has 0 aliphatic rings. The van der Waals surface area contributed by atoms with Crippen LogP contribution in [0.1, 0.15) is 11.1 Å². The molecule has 0 aromatic heterocycles. The van der Waals surface area contributed by atoms with Crippen molar-refractivity contribution in [2.75, 3.05) is 23.1 Å². The van der Waals surface area contributed by atoms with Gasteiger partial charge in [0.25, 0.3) is 10.0 Å². The van der Waals surface area contributed by atoms with Crippen LogP contribution in [0.5, 0.6) is 11.5 Å². The molecule has 0 fully saturated rings. The van der Waals surface area contributed by atoms with Gasteiger partial charge < -0.3 is 10.1 Å². The van der Waals surface area contributed by atoms with E-state index in [0.29, 0.717) is 29.5 Å². The van der Waals surface area contributed by atoms with Crippen molar-refractivity contribution in [1.82, 2.24) is 5.32 Å². The Balaban J connectivity index is 1.47. The summed E-state index contributed by atoms with van der Waals surface area (Å²) in [5, 5.41) is 2.85. The van der Waals surface area contributed by atoms with E-state index in [0.717, 1.165) is 14.8 Å². The van der Waals surface area contributed by atoms with Crippen LogP contribution in [0.3, 0.4) is 0 Å². The van der Waals surface area contributed by atoms with Crippen LogP contribution in [0, 0.1) is 13.8 Å². The first-order valence-electron chi connectivity index (χ1n) is 12.2. The fourth-order valence-corrected chi connectivity index (χ4v) is 5.83. The number of aryl methyl sites for hydroxylation is 2. The fourth-order valence-electron chi connectivity index (χ4n) is 3.64. The summed E-state index contributed by atoms with van der Waals surface area (Å²) in [6.45, 7) is 4.00. The molecular formula is C30H30N2O4S2. The molecule has 0 heterocycles. The Labute approximate surface area is 228 Å². The number of hydrogen-bond donors (Lipinski definition) is 1. The third-order valence-corrected chi connectivity index (χ3v) is 8.52. The number of rotatable bonds is 11. The van der Waals surface area contributed by atoms with E-state index < -0.39 is 10.0 Å². The predicted octanol–water partition coefficient (Wildman–Crippen LogP) is 6.20. The summed E-state index contributed by atoms with van der Waals surface area (Å²) in [5.74, 6) is 1.53. The van der Waals surface area contributed by atoms with Crippen molar-refractivity contribution in [1.29, 1.82) is 0 Å². The summed E-state index contributed by atoms with van der Waals surface area (Å²) in [7, 11) is -3.99. The number of carbonyl (C=O) groups is 1. The number of para-hydroxylation sites is 1. The number of sulfonamides is 1. The lowest BCUT2D eigenvalue weighted by atomic mass is 10.2. The summed E-state index contributed by atoms with van der Waals surface area (Å²) in [6, 6.07) is 30.8. The first-order valence-corrected chi connectivity index (χ1v) is 14.6. The van der Waals surface area contributed by atoms with Crippen molar-refractivity contribution in [2.45, 2.75) is 23.6 Å². The Morgan fingerprint density at radius 1 is 0.789 bits per heavy atom. The van der Waals surface area contributed by atoms with Crippen molar-refractivity contribution in [2.24, 2.45) is 0 Å². The predicted molar refractivity (Wildman–Crippen MR) is 154 cm³/mol. The normalized spacial score (nSPS) is 11.1. The van der Waals surface area contributed by atoms with Crippen molar-refractivity contribution in [3.05, 3.63) is 114 Å². The number of amides is 1. The molecule has 0 radical (unpaired) electrons. The Bertz CT molecular complexity index is 1440. The topological polar surface area (TPSA) is 75.7 Å². The van der Waals surface area contributed by atoms with Crippen LogP contribution in [-0.4, -0.2) is 33.2 Å². The molecule has 0 atom stereocenters. The number of thioether (sulfide) groups is 1. The SMILES string of the molecule is Cc1ccc(SCCNC(=O)CN(c2ccc(Oc3ccccc3)cc2)S(=O)(=O)c2ccc(C)cc2)cc1. The van der Waals surface area contributed by atoms with Gasteiger partial charge in [-0.3, -0.25) is 9.10 Å². The zero-order valence-corrected chi connectivity index (χ0v) is 23.0. The van der Waals surface area contributed by atoms with E-state index in [9.17, 15) is 13.2 Å². The molecular weight excluding hydrogens is 516 g/mol. The van der Waals surface area contributed by atoms with Gasteiger partial charge in [-0.05, 0) is 74.5 Å². The highest BCUT2D eigenvalue weighted by molar-refractivity contribution is 7.99. The second-order valence-electron chi connectivity index (χ2n) is 8.75. The average molecular weight is 547 g/mol. The van der Waals surface area contributed by atoms with Gasteiger partial charge in [0.05, 0.1) is 10.6 Å². The van der Waals surface area contributed by atoms with Gasteiger partial charge in [-0.15, -0.1) is 11.8 Å². The maximum atomic E-state index is 13.6. The van der Waals surface area contributed by atoms with E-state index in [4.69, 9.17) is 4.74 Å². The average Bonchev–Trinajstić information content (AvgIpc) is 2.92. The number of benzene rings is 4. The van der Waals surface area contributed by atoms with Crippen molar-refractivity contribution < 1.29 is 17.9 Å². The molecule has 4 aromatic carbocycles. The third-order valence-electron chi connectivity index (χ3n) is 5.71. The summed E-state index contributed by atoms with van der Waals surface area (Å²) >= 11 is 1.63. The number of anilines is 1. The number of ether oxygens (including phenoxy) is 1. The zero-order chi connectivity index (χ0) is 27.0. The Morgan fingerprint density at radius 3 is 2.00 bits per heavy atom. The van der Waals surface area contributed by atoms with Crippen LogP contribution in [0.25, 0.3) is 0 Å². The molecule has 0 unspecified atom stereocenters. The largest absolute Gasteiger partial charge is 0.457 e. The first kappa shape index (κ1) is 27.3. The van der Waals surface area contributed by atoms with Gasteiger partial charge in [0.15, 0.2) is 0 Å². The van der Waals surface area contributed by atoms with Gasteiger partial charge in [-0.25, -0.2) is 8.42 Å². The van der Waals surface area contributed by atoms with Crippen molar-refractivity contribution >= 4 is 33.4 Å². The van der Waals surface area contributed by atoms with E-state index in [-0.39, 0.29) is 17.3 Å². The lowest BCUT2D eigenvalue weighted by Gasteiger charge is -2.24. The summed E-state index contributed by atoms with van der Waals surface area (Å²) in [5.41, 5.74) is 2.51. The maximum absolute atomic E-state index is 13.6. The van der Waals surface area contributed by atoms with E-state index in [2.05, 4.69) is 5.32 Å². The molecule has 0 spiro atoms. The minimum atomic E-state index is -3.99. The van der Waals surface area contributed by atoms with Crippen LogP contribution < -0.4 is 14.4 Å². The Hall–Kier alpha value is -3.75. The van der Waals surface area contributed by atoms with Gasteiger partial charge >= 0.3 is 0 Å². The number of carbonyl (C=O) groups excluding carboxylic acids is 1. The molecule has 4 aromatic rings. The van der Waals surface area contributed by atoms with Crippen LogP contribution >= 0.6 is 11.8 Å². The fraction of sp³-hybridized carbons (Fsp3) is 0.167. The molecule has 8 heteroatoms. The minimum Gasteiger partial charge on any atom is -0.457 e. The monoisotopic (exact) mass is 546 g/mol. The molecule has 0 bridgehead atoms. The van der Waals surface area contributed by atoms with E-state index in [1.54, 1.807) is 60.3 Å². The number of hydrogen-bond acceptors (Lipinski definition) is 5. The zero-order valence-electron chi connectivity index (χ0n) is 21.3. The smallest absolute Gasteiger partial charge is 0.264 e. The van der Waals surface area contributed by atoms with Gasteiger partial charge in [0.1, 0.15) is 18.0 Å². The van der Waals surface area contributed by atoms with Crippen LogP contribution in [0.4, 0.5) is 5.69 Å². The third kappa shape index (κ3) is 7.40. The molecule has 196 valence electrons. The molecule has 0 aliphatic heterocycles. The molecule has 4 rings (SSSR count). The highest BCUT2D eigenvalue weighted by Crippen LogP contribution is 2.28. The van der Waals surface area contributed by atoms with Crippen molar-refractivity contribution in [3.63, 3.8) is 0 Å². The van der Waals surface area contributed by atoms with Gasteiger partial charge in [-0.1, -0.05) is 53.6 Å². The lowest BCUT2D eigenvalue weighted by Crippen LogP contribution is -2.41. The van der Waals surface area contributed by atoms with Crippen molar-refractivity contribution in [3.8, 4) is 11.5 Å². The standard InChI is InChI=1S/C30H30N2O4S2/c1-23-8-16-28(17-9-23)37-21-20-31-30(33)22-32(38(34,35)29-18-10-24(2)11-19-29)25-12-14-27(15-13-25)36-26-6-4-3-5-7-26/h3-19H,20-22H2,1-2H3,(H,31,33). The lowest BCUT2D eigenvalue weighted by molar-refractivity contribution is -0.119. The number of nitrogens with zero attached hydrogens (tertiary/aromatic N) is 1. The van der Waals surface area contributed by atoms with Gasteiger partial charge in [-0.2, -0.15) is 0 Å². The molecule has 0 saturated heterocycles. The summed E-state index contributed by atoms with van der Waals surface area (Å²) in [6.07, 6.45) is 0. The second-order valence-corrected chi connectivity index (χ2v) is 11.8. The van der Waals surface area contributed by atoms with E-state index in [1.165, 1.54) is 5.56 Å². The molecule has 1 amide bonds. The molecule has 38 heavy (non-hydrogen) atoms. The quantitative estimate of drug-likeness (QED) is 0.179. The Kier molecular flexibility index (Phi) is 9.10. The molecule has 0 saturated carbocycles. The highest BCUT2D eigenvalue weighted by Gasteiger charge is 2.27. The first-order chi connectivity index (χ1) is 18.3. The van der Waals surface area contributed by atoms with Gasteiger partial charge in [0, 0.05) is 17.2 Å². The number of nitrogens with one attached hydrogen (secondary N) is 1. The van der Waals surface area contributed by atoms with E-state index in [1.807, 2.05) is 68.4 Å². The maximum Gasteiger partial charge on any atom is 0.264 e. The van der Waals surface area contributed by atoms with Crippen LogP contribution in [-0.2, 0) is 14.8 Å². The summed E-state index contributed by atoms with van der Waals surface area (Å²) in [4.78, 5) is 14.1. The molecule has 6 nitrogen and oxygen atoms in total. The van der Waals surface area contributed by atoms with E-state index >= 15 is 0 Å². The molecule has 1 N–H and O–H groups in total. The minimum absolute atomic E-state index is 0.121. The second kappa shape index (κ2) is 12.7. The summed E-state index contributed by atoms with van der Waals surface area (Å²) < 4.78 is 34.2. The Morgan fingerprint density at radius 2 is 1.37 bits per heavy atom. The molecule has 0 aliphatic carbocycles.